The lowest BCUT2D eigenvalue weighted by Gasteiger charge is -2.19. The molecule has 0 atom stereocenters. The highest BCUT2D eigenvalue weighted by atomic mass is 35.5. The van der Waals surface area contributed by atoms with Gasteiger partial charge < -0.3 is 4.74 Å². The molecular weight excluding hydrogens is 275 g/mol. The summed E-state index contributed by atoms with van der Waals surface area (Å²) in [7, 11) is 0. The van der Waals surface area contributed by atoms with Gasteiger partial charge in [0.15, 0.2) is 11.6 Å². The molecule has 0 fully saturated rings. The van der Waals surface area contributed by atoms with Crippen molar-refractivity contribution in [2.24, 2.45) is 0 Å². The van der Waals surface area contributed by atoms with Crippen molar-refractivity contribution in [3.05, 3.63) is 59.4 Å². The first-order chi connectivity index (χ1) is 9.40. The minimum Gasteiger partial charge on any atom is -0.454 e. The van der Waals surface area contributed by atoms with Crippen LogP contribution in [0.4, 0.5) is 4.39 Å². The van der Waals surface area contributed by atoms with Crippen LogP contribution in [0.3, 0.4) is 0 Å². The summed E-state index contributed by atoms with van der Waals surface area (Å²) in [6, 6.07) is 12.5. The molecule has 20 heavy (non-hydrogen) atoms. The van der Waals surface area contributed by atoms with Crippen LogP contribution in [0.5, 0.6) is 11.5 Å². The minimum atomic E-state index is -0.399. The average Bonchev–Trinajstić information content (AvgIpc) is 2.40. The van der Waals surface area contributed by atoms with Crippen molar-refractivity contribution in [3.63, 3.8) is 0 Å². The average molecular weight is 293 g/mol. The van der Waals surface area contributed by atoms with Gasteiger partial charge >= 0.3 is 0 Å². The van der Waals surface area contributed by atoms with Crippen molar-refractivity contribution in [1.29, 1.82) is 0 Å². The second kappa shape index (κ2) is 5.84. The normalized spacial score (nSPS) is 11.4. The Morgan fingerprint density at radius 3 is 2.45 bits per heavy atom. The SMILES string of the molecule is CC(C)(C)c1cccc(Oc2ccc(CCl)cc2F)c1. The molecule has 0 aromatic heterocycles. The first-order valence-corrected chi connectivity index (χ1v) is 7.06. The molecule has 0 aliphatic carbocycles. The Bertz CT molecular complexity index is 602. The Morgan fingerprint density at radius 2 is 1.85 bits per heavy atom. The topological polar surface area (TPSA) is 9.23 Å². The summed E-state index contributed by atoms with van der Waals surface area (Å²) in [5.41, 5.74) is 1.91. The first-order valence-electron chi connectivity index (χ1n) is 6.53. The molecule has 0 spiro atoms. The van der Waals surface area contributed by atoms with E-state index in [2.05, 4.69) is 20.8 Å². The number of hydrogen-bond donors (Lipinski definition) is 0. The highest BCUT2D eigenvalue weighted by Crippen LogP contribution is 2.30. The molecule has 2 rings (SSSR count). The fourth-order valence-corrected chi connectivity index (χ4v) is 2.03. The molecule has 3 heteroatoms. The molecule has 0 aliphatic rings. The van der Waals surface area contributed by atoms with E-state index in [-0.39, 0.29) is 17.0 Å². The van der Waals surface area contributed by atoms with Gasteiger partial charge in [0.1, 0.15) is 5.75 Å². The van der Waals surface area contributed by atoms with Gasteiger partial charge in [-0.1, -0.05) is 39.0 Å². The summed E-state index contributed by atoms with van der Waals surface area (Å²) in [6.45, 7) is 6.38. The number of halogens is 2. The minimum absolute atomic E-state index is 0.0282. The van der Waals surface area contributed by atoms with E-state index in [1.807, 2.05) is 24.3 Å². The fourth-order valence-electron chi connectivity index (χ4n) is 1.86. The smallest absolute Gasteiger partial charge is 0.166 e. The number of ether oxygens (including phenoxy) is 1. The van der Waals surface area contributed by atoms with Crippen molar-refractivity contribution in [2.75, 3.05) is 0 Å². The zero-order valence-electron chi connectivity index (χ0n) is 11.9. The van der Waals surface area contributed by atoms with Crippen molar-refractivity contribution in [2.45, 2.75) is 32.1 Å². The van der Waals surface area contributed by atoms with Crippen LogP contribution in [-0.4, -0.2) is 0 Å². The highest BCUT2D eigenvalue weighted by Gasteiger charge is 2.14. The van der Waals surface area contributed by atoms with Gasteiger partial charge in [-0.25, -0.2) is 4.39 Å². The third-order valence-electron chi connectivity index (χ3n) is 3.08. The maximum atomic E-state index is 13.9. The van der Waals surface area contributed by atoms with Crippen LogP contribution >= 0.6 is 11.6 Å². The van der Waals surface area contributed by atoms with Crippen LogP contribution in [0.1, 0.15) is 31.9 Å². The maximum Gasteiger partial charge on any atom is 0.166 e. The zero-order valence-corrected chi connectivity index (χ0v) is 12.7. The summed E-state index contributed by atoms with van der Waals surface area (Å²) in [6.07, 6.45) is 0. The first kappa shape index (κ1) is 14.9. The Morgan fingerprint density at radius 1 is 1.10 bits per heavy atom. The lowest BCUT2D eigenvalue weighted by Crippen LogP contribution is -2.10. The van der Waals surface area contributed by atoms with E-state index in [9.17, 15) is 4.39 Å². The van der Waals surface area contributed by atoms with Gasteiger partial charge in [0.25, 0.3) is 0 Å². The molecule has 0 saturated carbocycles. The van der Waals surface area contributed by atoms with Gasteiger partial charge in [0, 0.05) is 5.88 Å². The monoisotopic (exact) mass is 292 g/mol. The van der Waals surface area contributed by atoms with Gasteiger partial charge in [-0.2, -0.15) is 0 Å². The van der Waals surface area contributed by atoms with Gasteiger partial charge in [0.2, 0.25) is 0 Å². The Labute approximate surface area is 124 Å². The molecule has 2 aromatic rings. The number of hydrogen-bond acceptors (Lipinski definition) is 1. The Balaban J connectivity index is 2.26. The van der Waals surface area contributed by atoms with Crippen molar-refractivity contribution < 1.29 is 9.13 Å². The molecule has 0 N–H and O–H groups in total. The molecule has 2 aromatic carbocycles. The van der Waals surface area contributed by atoms with Crippen LogP contribution in [0.15, 0.2) is 42.5 Å². The Hall–Kier alpha value is -1.54. The predicted molar refractivity (Wildman–Crippen MR) is 81.2 cm³/mol. The van der Waals surface area contributed by atoms with E-state index in [0.29, 0.717) is 5.75 Å². The van der Waals surface area contributed by atoms with Gasteiger partial charge in [-0.3, -0.25) is 0 Å². The Kier molecular flexibility index (Phi) is 4.34. The van der Waals surface area contributed by atoms with Crippen LogP contribution in [0, 0.1) is 5.82 Å². The van der Waals surface area contributed by atoms with Gasteiger partial charge in [0.05, 0.1) is 0 Å². The fraction of sp³-hybridized carbons (Fsp3) is 0.294. The lowest BCUT2D eigenvalue weighted by molar-refractivity contribution is 0.439. The van der Waals surface area contributed by atoms with E-state index in [0.717, 1.165) is 11.1 Å². The predicted octanol–water partition coefficient (Wildman–Crippen LogP) is 5.65. The summed E-state index contributed by atoms with van der Waals surface area (Å²) in [5.74, 6) is 0.737. The molecule has 0 saturated heterocycles. The van der Waals surface area contributed by atoms with E-state index in [1.54, 1.807) is 12.1 Å². The second-order valence-electron chi connectivity index (χ2n) is 5.78. The molecule has 0 unspecified atom stereocenters. The lowest BCUT2D eigenvalue weighted by atomic mass is 9.87. The maximum absolute atomic E-state index is 13.9. The van der Waals surface area contributed by atoms with Gasteiger partial charge in [-0.15, -0.1) is 11.6 Å². The van der Waals surface area contributed by atoms with E-state index in [1.165, 1.54) is 6.07 Å². The summed E-state index contributed by atoms with van der Waals surface area (Å²) in [5, 5.41) is 0. The summed E-state index contributed by atoms with van der Waals surface area (Å²) >= 11 is 5.67. The third-order valence-corrected chi connectivity index (χ3v) is 3.39. The quantitative estimate of drug-likeness (QED) is 0.664. The van der Waals surface area contributed by atoms with Gasteiger partial charge in [-0.05, 0) is 40.8 Å². The second-order valence-corrected chi connectivity index (χ2v) is 6.05. The molecule has 106 valence electrons. The van der Waals surface area contributed by atoms with E-state index >= 15 is 0 Å². The van der Waals surface area contributed by atoms with E-state index in [4.69, 9.17) is 16.3 Å². The van der Waals surface area contributed by atoms with Crippen LogP contribution < -0.4 is 4.74 Å². The molecule has 0 aliphatic heterocycles. The molecule has 0 heterocycles. The summed E-state index contributed by atoms with van der Waals surface area (Å²) in [4.78, 5) is 0. The molecular formula is C17H18ClFO. The summed E-state index contributed by atoms with van der Waals surface area (Å²) < 4.78 is 19.5. The standard InChI is InChI=1S/C17H18ClFO/c1-17(2,3)13-5-4-6-14(10-13)20-16-8-7-12(11-18)9-15(16)19/h4-10H,11H2,1-3H3. The number of rotatable bonds is 3. The molecule has 0 radical (unpaired) electrons. The van der Waals surface area contributed by atoms with Crippen LogP contribution in [0.2, 0.25) is 0 Å². The van der Waals surface area contributed by atoms with Crippen molar-refractivity contribution in [3.8, 4) is 11.5 Å². The van der Waals surface area contributed by atoms with Crippen molar-refractivity contribution >= 4 is 11.6 Å². The molecule has 0 amide bonds. The molecule has 0 bridgehead atoms. The van der Waals surface area contributed by atoms with Crippen LogP contribution in [-0.2, 0) is 11.3 Å². The number of benzene rings is 2. The van der Waals surface area contributed by atoms with Crippen LogP contribution in [0.25, 0.3) is 0 Å². The third kappa shape index (κ3) is 3.51. The highest BCUT2D eigenvalue weighted by molar-refractivity contribution is 6.17. The molecule has 1 nitrogen and oxygen atoms in total. The largest absolute Gasteiger partial charge is 0.454 e. The number of alkyl halides is 1. The van der Waals surface area contributed by atoms with Crippen molar-refractivity contribution in [1.82, 2.24) is 0 Å². The zero-order chi connectivity index (χ0) is 14.8. The van der Waals surface area contributed by atoms with E-state index < -0.39 is 5.82 Å².